The molecule has 0 bridgehead atoms. The first kappa shape index (κ1) is 13.9. The number of aromatic amines is 1. The molecule has 0 radical (unpaired) electrons. The van der Waals surface area contributed by atoms with Crippen LogP contribution in [0.25, 0.3) is 11.0 Å². The molecule has 1 heterocycles. The second kappa shape index (κ2) is 5.07. The fourth-order valence-electron chi connectivity index (χ4n) is 2.14. The molecule has 2 nitrogen and oxygen atoms in total. The first-order valence-electron chi connectivity index (χ1n) is 6.23. The van der Waals surface area contributed by atoms with Crippen LogP contribution in [0.3, 0.4) is 0 Å². The lowest BCUT2D eigenvalue weighted by atomic mass is 10.1. The van der Waals surface area contributed by atoms with E-state index in [0.717, 1.165) is 23.2 Å². The fourth-order valence-corrected chi connectivity index (χ4v) is 2.35. The fraction of sp³-hybridized carbons (Fsp3) is 0.133. The van der Waals surface area contributed by atoms with E-state index < -0.39 is 11.7 Å². The van der Waals surface area contributed by atoms with Crippen LogP contribution in [0.2, 0.25) is 5.02 Å². The molecule has 1 aromatic heterocycles. The summed E-state index contributed by atoms with van der Waals surface area (Å²) < 4.78 is 37.5. The molecule has 0 amide bonds. The number of hydrogen-bond donors (Lipinski definition) is 1. The van der Waals surface area contributed by atoms with Gasteiger partial charge in [0, 0.05) is 6.42 Å². The quantitative estimate of drug-likeness (QED) is 0.722. The zero-order valence-electron chi connectivity index (χ0n) is 10.7. The van der Waals surface area contributed by atoms with Crippen molar-refractivity contribution in [3.8, 4) is 0 Å². The number of nitrogens with one attached hydrogen (secondary N) is 1. The highest BCUT2D eigenvalue weighted by molar-refractivity contribution is 6.34. The lowest BCUT2D eigenvalue weighted by Gasteiger charge is -2.06. The van der Waals surface area contributed by atoms with E-state index in [0.29, 0.717) is 22.8 Å². The van der Waals surface area contributed by atoms with E-state index in [1.54, 1.807) is 6.07 Å². The molecule has 108 valence electrons. The number of halogens is 4. The molecule has 0 atom stereocenters. The van der Waals surface area contributed by atoms with Crippen LogP contribution in [0.1, 0.15) is 17.0 Å². The number of nitrogens with zero attached hydrogens (tertiary/aromatic N) is 1. The van der Waals surface area contributed by atoms with E-state index in [1.807, 2.05) is 12.1 Å². The summed E-state index contributed by atoms with van der Waals surface area (Å²) in [5.41, 5.74) is 1.57. The minimum Gasteiger partial charge on any atom is -0.342 e. The number of rotatable bonds is 2. The maximum atomic E-state index is 12.5. The summed E-state index contributed by atoms with van der Waals surface area (Å²) in [5.74, 6) is 0.665. The molecule has 3 aromatic rings. The number of aromatic nitrogens is 2. The maximum absolute atomic E-state index is 12.5. The van der Waals surface area contributed by atoms with E-state index in [-0.39, 0.29) is 0 Å². The van der Waals surface area contributed by atoms with Crippen molar-refractivity contribution < 1.29 is 13.2 Å². The van der Waals surface area contributed by atoms with Gasteiger partial charge in [-0.25, -0.2) is 4.98 Å². The zero-order chi connectivity index (χ0) is 15.0. The van der Waals surface area contributed by atoms with Gasteiger partial charge in [0.1, 0.15) is 11.3 Å². The molecule has 21 heavy (non-hydrogen) atoms. The minimum atomic E-state index is -4.31. The lowest BCUT2D eigenvalue weighted by molar-refractivity contribution is -0.137. The molecular formula is C15H10ClF3N2. The van der Waals surface area contributed by atoms with Crippen molar-refractivity contribution in [2.75, 3.05) is 0 Å². The summed E-state index contributed by atoms with van der Waals surface area (Å²) in [5, 5.41) is 0.544. The Labute approximate surface area is 123 Å². The summed E-state index contributed by atoms with van der Waals surface area (Å²) in [6.45, 7) is 0. The molecule has 0 aliphatic carbocycles. The van der Waals surface area contributed by atoms with Crippen LogP contribution in [-0.2, 0) is 12.6 Å². The van der Waals surface area contributed by atoms with Gasteiger partial charge in [-0.2, -0.15) is 13.2 Å². The van der Waals surface area contributed by atoms with Crippen molar-refractivity contribution in [2.24, 2.45) is 0 Å². The maximum Gasteiger partial charge on any atom is 0.416 e. The van der Waals surface area contributed by atoms with Crippen LogP contribution < -0.4 is 0 Å². The second-order valence-electron chi connectivity index (χ2n) is 4.69. The molecule has 0 spiro atoms. The molecule has 0 saturated carbocycles. The average Bonchev–Trinajstić information content (AvgIpc) is 2.82. The van der Waals surface area contributed by atoms with Crippen molar-refractivity contribution in [2.45, 2.75) is 12.6 Å². The van der Waals surface area contributed by atoms with Gasteiger partial charge in [0.2, 0.25) is 0 Å². The topological polar surface area (TPSA) is 28.7 Å². The Hall–Kier alpha value is -2.01. The Morgan fingerprint density at radius 1 is 1.05 bits per heavy atom. The number of hydrogen-bond acceptors (Lipinski definition) is 1. The number of H-pyrrole nitrogens is 1. The van der Waals surface area contributed by atoms with Crippen LogP contribution in [0.15, 0.2) is 42.5 Å². The number of imidazole rings is 1. The second-order valence-corrected chi connectivity index (χ2v) is 5.10. The largest absolute Gasteiger partial charge is 0.416 e. The van der Waals surface area contributed by atoms with Crippen molar-refractivity contribution in [1.29, 1.82) is 0 Å². The molecule has 0 unspecified atom stereocenters. The van der Waals surface area contributed by atoms with Gasteiger partial charge in [-0.05, 0) is 29.8 Å². The monoisotopic (exact) mass is 310 g/mol. The van der Waals surface area contributed by atoms with E-state index in [4.69, 9.17) is 11.6 Å². The zero-order valence-corrected chi connectivity index (χ0v) is 11.5. The Kier molecular flexibility index (Phi) is 3.37. The van der Waals surface area contributed by atoms with Gasteiger partial charge in [0.15, 0.2) is 0 Å². The predicted octanol–water partition coefficient (Wildman–Crippen LogP) is 4.83. The Morgan fingerprint density at radius 2 is 1.76 bits per heavy atom. The van der Waals surface area contributed by atoms with Gasteiger partial charge in [0.25, 0.3) is 0 Å². The summed E-state index contributed by atoms with van der Waals surface area (Å²) in [6, 6.07) is 10.5. The third-order valence-electron chi connectivity index (χ3n) is 3.17. The third-order valence-corrected chi connectivity index (χ3v) is 3.47. The highest BCUT2D eigenvalue weighted by Crippen LogP contribution is 2.29. The van der Waals surface area contributed by atoms with E-state index in [9.17, 15) is 13.2 Å². The van der Waals surface area contributed by atoms with E-state index in [1.165, 1.54) is 12.1 Å². The van der Waals surface area contributed by atoms with E-state index in [2.05, 4.69) is 9.97 Å². The van der Waals surface area contributed by atoms with Crippen LogP contribution >= 0.6 is 11.6 Å². The molecular weight excluding hydrogens is 301 g/mol. The first-order chi connectivity index (χ1) is 9.93. The Bertz CT molecular complexity index is 776. The minimum absolute atomic E-state index is 0.420. The molecule has 1 N–H and O–H groups in total. The van der Waals surface area contributed by atoms with Crippen LogP contribution in [0.5, 0.6) is 0 Å². The molecule has 0 fully saturated rings. The van der Waals surface area contributed by atoms with Gasteiger partial charge in [-0.3, -0.25) is 0 Å². The predicted molar refractivity (Wildman–Crippen MR) is 75.4 cm³/mol. The average molecular weight is 311 g/mol. The SMILES string of the molecule is FC(F)(F)c1ccc(Cc2nc3c(Cl)cccc3[nH]2)cc1. The molecule has 0 aliphatic rings. The number of alkyl halides is 3. The molecule has 6 heteroatoms. The van der Waals surface area contributed by atoms with Crippen molar-refractivity contribution >= 4 is 22.6 Å². The van der Waals surface area contributed by atoms with Crippen LogP contribution in [-0.4, -0.2) is 9.97 Å². The van der Waals surface area contributed by atoms with Crippen LogP contribution in [0, 0.1) is 0 Å². The van der Waals surface area contributed by atoms with Gasteiger partial charge in [-0.15, -0.1) is 0 Å². The van der Waals surface area contributed by atoms with Gasteiger partial charge >= 0.3 is 6.18 Å². The van der Waals surface area contributed by atoms with E-state index >= 15 is 0 Å². The number of benzene rings is 2. The Balaban J connectivity index is 1.87. The van der Waals surface area contributed by atoms with Gasteiger partial charge < -0.3 is 4.98 Å². The number of fused-ring (bicyclic) bond motifs is 1. The van der Waals surface area contributed by atoms with Crippen molar-refractivity contribution in [3.05, 3.63) is 64.4 Å². The van der Waals surface area contributed by atoms with Crippen LogP contribution in [0.4, 0.5) is 13.2 Å². The summed E-state index contributed by atoms with van der Waals surface area (Å²) in [7, 11) is 0. The normalized spacial score (nSPS) is 12.0. The summed E-state index contributed by atoms with van der Waals surface area (Å²) in [4.78, 5) is 7.48. The highest BCUT2D eigenvalue weighted by Gasteiger charge is 2.29. The van der Waals surface area contributed by atoms with Crippen molar-refractivity contribution in [3.63, 3.8) is 0 Å². The number of para-hydroxylation sites is 1. The molecule has 2 aromatic carbocycles. The summed E-state index contributed by atoms with van der Waals surface area (Å²) in [6.07, 6.45) is -3.89. The lowest BCUT2D eigenvalue weighted by Crippen LogP contribution is -2.04. The Morgan fingerprint density at radius 3 is 2.38 bits per heavy atom. The molecule has 0 saturated heterocycles. The molecule has 0 aliphatic heterocycles. The third kappa shape index (κ3) is 2.88. The van der Waals surface area contributed by atoms with Gasteiger partial charge in [-0.1, -0.05) is 29.8 Å². The smallest absolute Gasteiger partial charge is 0.342 e. The standard InChI is InChI=1S/C15H10ClF3N2/c16-11-2-1-3-12-14(11)21-13(20-12)8-9-4-6-10(7-5-9)15(17,18)19/h1-7H,8H2,(H,20,21). The first-order valence-corrected chi connectivity index (χ1v) is 6.60. The summed E-state index contributed by atoms with van der Waals surface area (Å²) >= 11 is 6.04. The van der Waals surface area contributed by atoms with Crippen molar-refractivity contribution in [1.82, 2.24) is 9.97 Å². The van der Waals surface area contributed by atoms with Gasteiger partial charge in [0.05, 0.1) is 16.1 Å². The molecule has 3 rings (SSSR count). The highest BCUT2D eigenvalue weighted by atomic mass is 35.5.